The van der Waals surface area contributed by atoms with E-state index < -0.39 is 5.60 Å². The highest BCUT2D eigenvalue weighted by molar-refractivity contribution is 5.81. The molecule has 1 N–H and O–H groups in total. The lowest BCUT2D eigenvalue weighted by atomic mass is 9.85. The number of hydrogen-bond acceptors (Lipinski definition) is 2. The first kappa shape index (κ1) is 22.6. The van der Waals surface area contributed by atoms with Gasteiger partial charge >= 0.3 is 0 Å². The third-order valence-electron chi connectivity index (χ3n) is 7.22. The zero-order valence-corrected chi connectivity index (χ0v) is 20.4. The number of aryl methyl sites for hydroxylation is 2. The Hall–Kier alpha value is -3.23. The summed E-state index contributed by atoms with van der Waals surface area (Å²) >= 11 is 0. The summed E-state index contributed by atoms with van der Waals surface area (Å²) in [5, 5.41) is 11.8. The van der Waals surface area contributed by atoms with Gasteiger partial charge < -0.3 is 5.11 Å². The standard InChI is InChI=1S/C32H33NO/c1-23-11-13-26-14-16-28(33-30(26)21-23)15-12-24-7-6-9-27(22-24)32(19-20-32)18-17-25-8-4-5-10-29(25)31(2,3)34/h4-16,21-22,34H,17-20H2,1-3H3/b15-12+. The molecule has 1 heterocycles. The van der Waals surface area contributed by atoms with Gasteiger partial charge in [-0.05, 0) is 97.9 Å². The van der Waals surface area contributed by atoms with E-state index in [4.69, 9.17) is 4.98 Å². The topological polar surface area (TPSA) is 33.1 Å². The lowest BCUT2D eigenvalue weighted by Crippen LogP contribution is -2.19. The van der Waals surface area contributed by atoms with Gasteiger partial charge in [-0.15, -0.1) is 0 Å². The van der Waals surface area contributed by atoms with Crippen LogP contribution in [0.2, 0.25) is 0 Å². The predicted molar refractivity (Wildman–Crippen MR) is 143 cm³/mol. The number of aromatic nitrogens is 1. The Balaban J connectivity index is 1.33. The van der Waals surface area contributed by atoms with Crippen molar-refractivity contribution >= 4 is 23.1 Å². The summed E-state index contributed by atoms with van der Waals surface area (Å²) in [7, 11) is 0. The summed E-state index contributed by atoms with van der Waals surface area (Å²) in [4.78, 5) is 4.82. The average molecular weight is 448 g/mol. The molecule has 172 valence electrons. The van der Waals surface area contributed by atoms with Crippen LogP contribution in [0, 0.1) is 6.92 Å². The third kappa shape index (κ3) is 4.83. The molecular formula is C32H33NO. The second-order valence-electron chi connectivity index (χ2n) is 10.4. The number of aliphatic hydroxyl groups is 1. The van der Waals surface area contributed by atoms with Gasteiger partial charge in [-0.2, -0.15) is 0 Å². The van der Waals surface area contributed by atoms with E-state index >= 15 is 0 Å². The molecule has 34 heavy (non-hydrogen) atoms. The second kappa shape index (κ2) is 8.85. The van der Waals surface area contributed by atoms with Crippen molar-refractivity contribution in [1.29, 1.82) is 0 Å². The van der Waals surface area contributed by atoms with Crippen LogP contribution < -0.4 is 0 Å². The zero-order chi connectivity index (χ0) is 23.8. The van der Waals surface area contributed by atoms with Gasteiger partial charge in [0.25, 0.3) is 0 Å². The molecule has 3 aromatic carbocycles. The molecular weight excluding hydrogens is 414 g/mol. The second-order valence-corrected chi connectivity index (χ2v) is 10.4. The van der Waals surface area contributed by atoms with Crippen LogP contribution in [0.4, 0.5) is 0 Å². The smallest absolute Gasteiger partial charge is 0.0843 e. The molecule has 0 unspecified atom stereocenters. The molecule has 0 atom stereocenters. The quantitative estimate of drug-likeness (QED) is 0.316. The SMILES string of the molecule is Cc1ccc2ccc(/C=C/c3cccc(C4(CCc5ccccc5C(C)(C)O)CC4)c3)nc2c1. The van der Waals surface area contributed by atoms with Gasteiger partial charge in [-0.25, -0.2) is 4.98 Å². The van der Waals surface area contributed by atoms with Gasteiger partial charge in [0.15, 0.2) is 0 Å². The molecule has 1 aliphatic rings. The number of rotatable bonds is 7. The normalized spacial score (nSPS) is 15.2. The summed E-state index contributed by atoms with van der Waals surface area (Å²) < 4.78 is 0. The van der Waals surface area contributed by atoms with Crippen molar-refractivity contribution in [2.75, 3.05) is 0 Å². The van der Waals surface area contributed by atoms with Crippen LogP contribution in [0.25, 0.3) is 23.1 Å². The number of nitrogens with zero attached hydrogens (tertiary/aromatic N) is 1. The summed E-state index contributed by atoms with van der Waals surface area (Å²) in [6, 6.07) is 27.9. The molecule has 0 amide bonds. The van der Waals surface area contributed by atoms with Crippen molar-refractivity contribution in [3.63, 3.8) is 0 Å². The van der Waals surface area contributed by atoms with Crippen LogP contribution in [0.15, 0.2) is 78.9 Å². The van der Waals surface area contributed by atoms with Gasteiger partial charge in [-0.3, -0.25) is 0 Å². The van der Waals surface area contributed by atoms with Crippen LogP contribution in [-0.4, -0.2) is 10.1 Å². The van der Waals surface area contributed by atoms with Gasteiger partial charge in [0.1, 0.15) is 0 Å². The largest absolute Gasteiger partial charge is 0.386 e. The molecule has 0 spiro atoms. The number of fused-ring (bicyclic) bond motifs is 1. The predicted octanol–water partition coefficient (Wildman–Crippen LogP) is 7.61. The van der Waals surface area contributed by atoms with Crippen molar-refractivity contribution in [2.24, 2.45) is 0 Å². The molecule has 5 rings (SSSR count). The fourth-order valence-electron chi connectivity index (χ4n) is 5.03. The minimum atomic E-state index is -0.812. The highest BCUT2D eigenvalue weighted by atomic mass is 16.3. The first-order chi connectivity index (χ1) is 16.3. The van der Waals surface area contributed by atoms with Crippen LogP contribution in [0.5, 0.6) is 0 Å². The molecule has 0 aliphatic heterocycles. The Bertz CT molecular complexity index is 1360. The van der Waals surface area contributed by atoms with Crippen LogP contribution in [0.3, 0.4) is 0 Å². The molecule has 2 heteroatoms. The number of pyridine rings is 1. The fourth-order valence-corrected chi connectivity index (χ4v) is 5.03. The van der Waals surface area contributed by atoms with Crippen molar-refractivity contribution in [3.8, 4) is 0 Å². The van der Waals surface area contributed by atoms with E-state index in [2.05, 4.69) is 91.9 Å². The fraction of sp³-hybridized carbons (Fsp3) is 0.281. The van der Waals surface area contributed by atoms with E-state index in [1.807, 2.05) is 19.9 Å². The zero-order valence-electron chi connectivity index (χ0n) is 20.4. The van der Waals surface area contributed by atoms with Gasteiger partial charge in [0, 0.05) is 5.39 Å². The molecule has 0 saturated heterocycles. The van der Waals surface area contributed by atoms with E-state index in [-0.39, 0.29) is 5.41 Å². The van der Waals surface area contributed by atoms with Crippen LogP contribution in [-0.2, 0) is 17.4 Å². The maximum absolute atomic E-state index is 10.6. The van der Waals surface area contributed by atoms with E-state index in [1.165, 1.54) is 40.5 Å². The van der Waals surface area contributed by atoms with Crippen molar-refractivity contribution in [1.82, 2.24) is 4.98 Å². The first-order valence-corrected chi connectivity index (χ1v) is 12.3. The lowest BCUT2D eigenvalue weighted by molar-refractivity contribution is 0.0775. The average Bonchev–Trinajstić information content (AvgIpc) is 3.62. The summed E-state index contributed by atoms with van der Waals surface area (Å²) in [5.41, 5.74) is 7.64. The van der Waals surface area contributed by atoms with Crippen molar-refractivity contribution in [3.05, 3.63) is 112 Å². The Morgan fingerprint density at radius 3 is 2.50 bits per heavy atom. The summed E-state index contributed by atoms with van der Waals surface area (Å²) in [5.74, 6) is 0. The molecule has 2 nitrogen and oxygen atoms in total. The Morgan fingerprint density at radius 1 is 0.912 bits per heavy atom. The molecule has 0 bridgehead atoms. The molecule has 1 fully saturated rings. The number of benzene rings is 3. The van der Waals surface area contributed by atoms with Crippen molar-refractivity contribution < 1.29 is 5.11 Å². The minimum Gasteiger partial charge on any atom is -0.386 e. The van der Waals surface area contributed by atoms with E-state index in [0.29, 0.717) is 0 Å². The Labute approximate surface area is 203 Å². The highest BCUT2D eigenvalue weighted by Crippen LogP contribution is 2.52. The highest BCUT2D eigenvalue weighted by Gasteiger charge is 2.43. The van der Waals surface area contributed by atoms with E-state index in [1.54, 1.807) is 0 Å². The molecule has 0 radical (unpaired) electrons. The maximum Gasteiger partial charge on any atom is 0.0843 e. The Morgan fingerprint density at radius 2 is 1.71 bits per heavy atom. The summed E-state index contributed by atoms with van der Waals surface area (Å²) in [6.07, 6.45) is 8.85. The first-order valence-electron chi connectivity index (χ1n) is 12.3. The van der Waals surface area contributed by atoms with Crippen molar-refractivity contribution in [2.45, 2.75) is 57.5 Å². The summed E-state index contributed by atoms with van der Waals surface area (Å²) in [6.45, 7) is 5.85. The molecule has 1 aliphatic carbocycles. The third-order valence-corrected chi connectivity index (χ3v) is 7.22. The van der Waals surface area contributed by atoms with Gasteiger partial charge in [-0.1, -0.05) is 72.8 Å². The molecule has 1 saturated carbocycles. The molecule has 1 aromatic heterocycles. The van der Waals surface area contributed by atoms with E-state index in [0.717, 1.165) is 29.6 Å². The van der Waals surface area contributed by atoms with E-state index in [9.17, 15) is 5.11 Å². The minimum absolute atomic E-state index is 0.259. The number of hydrogen-bond donors (Lipinski definition) is 1. The lowest BCUT2D eigenvalue weighted by Gasteiger charge is -2.23. The monoisotopic (exact) mass is 447 g/mol. The van der Waals surface area contributed by atoms with Gasteiger partial charge in [0.2, 0.25) is 0 Å². The Kier molecular flexibility index (Phi) is 5.87. The van der Waals surface area contributed by atoms with Crippen LogP contribution in [0.1, 0.15) is 66.6 Å². The molecule has 4 aromatic rings. The van der Waals surface area contributed by atoms with Gasteiger partial charge in [0.05, 0.1) is 16.8 Å². The maximum atomic E-state index is 10.6. The van der Waals surface area contributed by atoms with Crippen LogP contribution >= 0.6 is 0 Å².